The predicted octanol–water partition coefficient (Wildman–Crippen LogP) is 5.63. The Bertz CT molecular complexity index is 1230. The lowest BCUT2D eigenvalue weighted by Gasteiger charge is -2.36. The number of hydrogen-bond donors (Lipinski definition) is 1. The van der Waals surface area contributed by atoms with Gasteiger partial charge in [0.25, 0.3) is 0 Å². The number of benzene rings is 2. The minimum absolute atomic E-state index is 0.0518. The number of hydrogen-bond acceptors (Lipinski definition) is 8. The Labute approximate surface area is 240 Å². The van der Waals surface area contributed by atoms with E-state index in [1.165, 1.54) is 49.2 Å². The minimum Gasteiger partial charge on any atom is -0.469 e. The number of nitriles is 1. The third-order valence-corrected chi connectivity index (χ3v) is 7.27. The molecule has 6 rings (SSSR count). The molecule has 2 saturated heterocycles. The second kappa shape index (κ2) is 16.0. The number of methoxy groups -OCH3 is 1. The first-order valence-electron chi connectivity index (χ1n) is 14.6. The highest BCUT2D eigenvalue weighted by atomic mass is 16.5. The molecule has 0 saturated carbocycles. The average molecular weight is 547 g/mol. The number of piperazine rings is 1. The van der Waals surface area contributed by atoms with Crippen molar-refractivity contribution in [3.63, 3.8) is 0 Å². The standard InChI is InChI=1S/C23H26N4O2.C5H11N.C2H3N.C2H6/c1-15-14-19-21(27-12-10-24-11-13-27)25-23(28-2)26-22(19)29-20(15)18-9-5-7-16-6-3-4-8-17(16)18;1-6-4-2-3-5-6;1-2-3;1-2/h3-9,15,20,24H,10-14H2,1-2H3;2-5H2,1H3;1H3;1-2H3. The van der Waals surface area contributed by atoms with Crippen molar-refractivity contribution >= 4 is 16.6 Å². The van der Waals surface area contributed by atoms with Crippen LogP contribution in [0.4, 0.5) is 5.82 Å². The molecule has 0 amide bonds. The molecule has 1 aromatic heterocycles. The fourth-order valence-corrected chi connectivity index (χ4v) is 5.35. The van der Waals surface area contributed by atoms with E-state index in [4.69, 9.17) is 19.7 Å². The summed E-state index contributed by atoms with van der Waals surface area (Å²) < 4.78 is 11.9. The van der Waals surface area contributed by atoms with Gasteiger partial charge in [-0.15, -0.1) is 0 Å². The summed E-state index contributed by atoms with van der Waals surface area (Å²) >= 11 is 0. The van der Waals surface area contributed by atoms with Crippen molar-refractivity contribution in [2.45, 2.75) is 53.1 Å². The Balaban J connectivity index is 0.000000342. The first-order chi connectivity index (χ1) is 19.5. The van der Waals surface area contributed by atoms with E-state index in [1.807, 2.05) is 13.8 Å². The molecule has 2 aromatic carbocycles. The van der Waals surface area contributed by atoms with Gasteiger partial charge in [0.1, 0.15) is 11.9 Å². The van der Waals surface area contributed by atoms with Gasteiger partial charge in [0.2, 0.25) is 5.88 Å². The van der Waals surface area contributed by atoms with E-state index in [0.717, 1.165) is 44.0 Å². The third-order valence-electron chi connectivity index (χ3n) is 7.27. The van der Waals surface area contributed by atoms with Gasteiger partial charge < -0.3 is 24.6 Å². The van der Waals surface area contributed by atoms with Gasteiger partial charge in [0.05, 0.1) is 18.7 Å². The van der Waals surface area contributed by atoms with Crippen LogP contribution in [0.3, 0.4) is 0 Å². The molecule has 0 aliphatic carbocycles. The van der Waals surface area contributed by atoms with E-state index in [9.17, 15) is 0 Å². The van der Waals surface area contributed by atoms with Crippen molar-refractivity contribution in [1.82, 2.24) is 20.2 Å². The van der Waals surface area contributed by atoms with Gasteiger partial charge in [0.15, 0.2) is 0 Å². The summed E-state index contributed by atoms with van der Waals surface area (Å²) in [5.41, 5.74) is 2.30. The summed E-state index contributed by atoms with van der Waals surface area (Å²) in [7, 11) is 3.78. The van der Waals surface area contributed by atoms with Gasteiger partial charge in [-0.25, -0.2) is 0 Å². The molecule has 0 radical (unpaired) electrons. The molecule has 3 aliphatic heterocycles. The summed E-state index contributed by atoms with van der Waals surface area (Å²) in [5.74, 6) is 1.92. The molecular weight excluding hydrogens is 500 g/mol. The molecule has 40 heavy (non-hydrogen) atoms. The maximum absolute atomic E-state index is 7.32. The van der Waals surface area contributed by atoms with Crippen molar-refractivity contribution in [2.75, 3.05) is 58.3 Å². The number of nitrogens with zero attached hydrogens (tertiary/aromatic N) is 5. The lowest BCUT2D eigenvalue weighted by atomic mass is 9.87. The molecule has 3 aromatic rings. The van der Waals surface area contributed by atoms with Crippen LogP contribution in [0.25, 0.3) is 10.8 Å². The molecule has 3 aliphatic rings. The topological polar surface area (TPSA) is 86.5 Å². The highest BCUT2D eigenvalue weighted by Crippen LogP contribution is 2.43. The lowest BCUT2D eigenvalue weighted by molar-refractivity contribution is 0.116. The van der Waals surface area contributed by atoms with Crippen molar-refractivity contribution in [2.24, 2.45) is 5.92 Å². The van der Waals surface area contributed by atoms with Gasteiger partial charge in [-0.3, -0.25) is 0 Å². The second-order valence-electron chi connectivity index (χ2n) is 10.1. The number of ether oxygens (including phenoxy) is 2. The second-order valence-corrected chi connectivity index (χ2v) is 10.1. The predicted molar refractivity (Wildman–Crippen MR) is 163 cm³/mol. The van der Waals surface area contributed by atoms with Crippen LogP contribution in [-0.4, -0.2) is 68.3 Å². The van der Waals surface area contributed by atoms with E-state index in [0.29, 0.717) is 17.8 Å². The summed E-state index contributed by atoms with van der Waals surface area (Å²) in [6.45, 7) is 14.1. The third kappa shape index (κ3) is 7.83. The molecule has 2 unspecified atom stereocenters. The van der Waals surface area contributed by atoms with Crippen LogP contribution in [0.5, 0.6) is 11.9 Å². The number of anilines is 1. The van der Waals surface area contributed by atoms with Gasteiger partial charge in [-0.2, -0.15) is 15.2 Å². The van der Waals surface area contributed by atoms with Crippen molar-refractivity contribution in [3.8, 4) is 18.0 Å². The summed E-state index contributed by atoms with van der Waals surface area (Å²) in [4.78, 5) is 13.9. The van der Waals surface area contributed by atoms with Crippen LogP contribution in [0.15, 0.2) is 42.5 Å². The molecule has 0 spiro atoms. The maximum atomic E-state index is 7.32. The van der Waals surface area contributed by atoms with Crippen LogP contribution >= 0.6 is 0 Å². The minimum atomic E-state index is -0.0518. The quantitative estimate of drug-likeness (QED) is 0.453. The number of aromatic nitrogens is 2. The monoisotopic (exact) mass is 546 g/mol. The Kier molecular flexibility index (Phi) is 12.4. The fraction of sp³-hybridized carbons (Fsp3) is 0.531. The van der Waals surface area contributed by atoms with E-state index in [2.05, 4.69) is 76.5 Å². The number of nitrogens with one attached hydrogen (secondary N) is 1. The van der Waals surface area contributed by atoms with Crippen molar-refractivity contribution in [1.29, 1.82) is 5.26 Å². The zero-order chi connectivity index (χ0) is 28.9. The Morgan fingerprint density at radius 2 is 1.65 bits per heavy atom. The smallest absolute Gasteiger partial charge is 0.321 e. The molecule has 0 bridgehead atoms. The van der Waals surface area contributed by atoms with Crippen molar-refractivity contribution in [3.05, 3.63) is 53.6 Å². The molecule has 2 atom stereocenters. The van der Waals surface area contributed by atoms with E-state index < -0.39 is 0 Å². The number of fused-ring (bicyclic) bond motifs is 2. The molecule has 2 fully saturated rings. The van der Waals surface area contributed by atoms with Crippen LogP contribution in [0.1, 0.15) is 57.8 Å². The van der Waals surface area contributed by atoms with Gasteiger partial charge in [-0.05, 0) is 50.2 Å². The van der Waals surface area contributed by atoms with Gasteiger partial charge in [0, 0.05) is 44.6 Å². The van der Waals surface area contributed by atoms with E-state index in [-0.39, 0.29) is 6.10 Å². The largest absolute Gasteiger partial charge is 0.469 e. The van der Waals surface area contributed by atoms with E-state index >= 15 is 0 Å². The van der Waals surface area contributed by atoms with Gasteiger partial charge >= 0.3 is 6.01 Å². The van der Waals surface area contributed by atoms with Gasteiger partial charge in [-0.1, -0.05) is 63.2 Å². The number of likely N-dealkylation sites (tertiary alicyclic amines) is 1. The fourth-order valence-electron chi connectivity index (χ4n) is 5.35. The Morgan fingerprint density at radius 1 is 1.00 bits per heavy atom. The highest BCUT2D eigenvalue weighted by molar-refractivity contribution is 5.86. The summed E-state index contributed by atoms with van der Waals surface area (Å²) in [5, 5.41) is 13.2. The normalized spacial score (nSPS) is 19.8. The molecule has 8 nitrogen and oxygen atoms in total. The Morgan fingerprint density at radius 3 is 2.27 bits per heavy atom. The maximum Gasteiger partial charge on any atom is 0.321 e. The van der Waals surface area contributed by atoms with Crippen LogP contribution in [-0.2, 0) is 6.42 Å². The summed E-state index contributed by atoms with van der Waals surface area (Å²) in [6.07, 6.45) is 3.66. The van der Waals surface area contributed by atoms with Crippen LogP contribution in [0, 0.1) is 17.2 Å². The van der Waals surface area contributed by atoms with Crippen LogP contribution in [0.2, 0.25) is 0 Å². The molecule has 4 heterocycles. The Hall–Kier alpha value is -3.41. The van der Waals surface area contributed by atoms with Crippen LogP contribution < -0.4 is 19.7 Å². The number of rotatable bonds is 3. The first-order valence-corrected chi connectivity index (χ1v) is 14.6. The summed E-state index contributed by atoms with van der Waals surface area (Å²) in [6, 6.07) is 17.0. The first kappa shape index (κ1) is 31.1. The molecule has 1 N–H and O–H groups in total. The molecular formula is C32H46N6O2. The molecule has 8 heteroatoms. The average Bonchev–Trinajstić information content (AvgIpc) is 3.49. The van der Waals surface area contributed by atoms with Crippen molar-refractivity contribution < 1.29 is 9.47 Å². The lowest BCUT2D eigenvalue weighted by Crippen LogP contribution is -2.44. The highest BCUT2D eigenvalue weighted by Gasteiger charge is 2.34. The zero-order valence-corrected chi connectivity index (χ0v) is 25.1. The molecule has 216 valence electrons. The van der Waals surface area contributed by atoms with E-state index in [1.54, 1.807) is 13.2 Å². The zero-order valence-electron chi connectivity index (χ0n) is 25.1. The SMILES string of the molecule is CC.CC#N.CN1CCCC1.COc1nc2c(c(N3CCNCC3)n1)CC(C)C(c1cccc3ccccc13)O2.